The molecule has 94 valence electrons. The van der Waals surface area contributed by atoms with Crippen LogP contribution in [-0.4, -0.2) is 25.2 Å². The molecule has 1 heterocycles. The van der Waals surface area contributed by atoms with Crippen molar-refractivity contribution in [2.24, 2.45) is 0 Å². The largest absolute Gasteiger partial charge is 0.369 e. The van der Waals surface area contributed by atoms with E-state index in [0.717, 1.165) is 30.3 Å². The van der Waals surface area contributed by atoms with Crippen molar-refractivity contribution < 1.29 is 0 Å². The van der Waals surface area contributed by atoms with Crippen LogP contribution in [0.1, 0.15) is 26.7 Å². The van der Waals surface area contributed by atoms with Gasteiger partial charge in [-0.25, -0.2) is 0 Å². The predicted molar refractivity (Wildman–Crippen MR) is 75.0 cm³/mol. The third-order valence-electron chi connectivity index (χ3n) is 3.24. The highest BCUT2D eigenvalue weighted by Gasteiger charge is 2.23. The second kappa shape index (κ2) is 5.28. The Bertz CT molecular complexity index is 376. The van der Waals surface area contributed by atoms with Gasteiger partial charge in [0.15, 0.2) is 0 Å². The molecule has 1 aliphatic heterocycles. The summed E-state index contributed by atoms with van der Waals surface area (Å²) in [6, 6.07) is 8.12. The average Bonchev–Trinajstić information content (AvgIpc) is 2.25. The number of nitrogens with zero attached hydrogens (tertiary/aromatic N) is 1. The van der Waals surface area contributed by atoms with E-state index in [0.29, 0.717) is 0 Å². The Morgan fingerprint density at radius 1 is 1.24 bits per heavy atom. The highest BCUT2D eigenvalue weighted by molar-refractivity contribution is 6.33. The number of rotatable bonds is 1. The van der Waals surface area contributed by atoms with Crippen LogP contribution in [0.5, 0.6) is 0 Å². The Balaban J connectivity index is 2.20. The van der Waals surface area contributed by atoms with Crippen molar-refractivity contribution in [3.05, 3.63) is 29.3 Å². The molecule has 17 heavy (non-hydrogen) atoms. The van der Waals surface area contributed by atoms with Crippen LogP contribution in [0, 0.1) is 0 Å². The topological polar surface area (TPSA) is 15.3 Å². The molecule has 0 radical (unpaired) electrons. The standard InChI is InChI=1S/C14H21ClN2/c1-14(2)11-17(10-6-5-9-16-14)13-8-4-3-7-12(13)15/h3-4,7-8,16H,5-6,9-11H2,1-2H3. The van der Waals surface area contributed by atoms with E-state index in [4.69, 9.17) is 11.6 Å². The van der Waals surface area contributed by atoms with E-state index < -0.39 is 0 Å². The Hall–Kier alpha value is -0.730. The molecule has 1 fully saturated rings. The summed E-state index contributed by atoms with van der Waals surface area (Å²) in [4.78, 5) is 2.40. The summed E-state index contributed by atoms with van der Waals surface area (Å²) >= 11 is 6.28. The number of halogens is 1. The molecule has 1 N–H and O–H groups in total. The Kier molecular flexibility index (Phi) is 3.95. The number of hydrogen-bond acceptors (Lipinski definition) is 2. The van der Waals surface area contributed by atoms with E-state index >= 15 is 0 Å². The lowest BCUT2D eigenvalue weighted by molar-refractivity contribution is 0.364. The monoisotopic (exact) mass is 252 g/mol. The highest BCUT2D eigenvalue weighted by atomic mass is 35.5. The summed E-state index contributed by atoms with van der Waals surface area (Å²) < 4.78 is 0. The minimum absolute atomic E-state index is 0.138. The number of nitrogens with one attached hydrogen (secondary N) is 1. The lowest BCUT2D eigenvalue weighted by Gasteiger charge is -2.37. The molecule has 2 nitrogen and oxygen atoms in total. The van der Waals surface area contributed by atoms with Gasteiger partial charge in [-0.15, -0.1) is 0 Å². The molecule has 0 aromatic heterocycles. The molecule has 1 aromatic rings. The summed E-state index contributed by atoms with van der Waals surface area (Å²) in [6.07, 6.45) is 2.44. The fourth-order valence-corrected chi connectivity index (χ4v) is 2.64. The van der Waals surface area contributed by atoms with E-state index in [9.17, 15) is 0 Å². The predicted octanol–water partition coefficient (Wildman–Crippen LogP) is 3.31. The van der Waals surface area contributed by atoms with Gasteiger partial charge in [0.1, 0.15) is 0 Å². The van der Waals surface area contributed by atoms with Crippen molar-refractivity contribution in [2.45, 2.75) is 32.2 Å². The van der Waals surface area contributed by atoms with Crippen molar-refractivity contribution >= 4 is 17.3 Å². The molecular formula is C14H21ClN2. The zero-order valence-corrected chi connectivity index (χ0v) is 11.4. The van der Waals surface area contributed by atoms with E-state index in [1.54, 1.807) is 0 Å². The molecule has 0 unspecified atom stereocenters. The second-order valence-electron chi connectivity index (χ2n) is 5.39. The maximum atomic E-state index is 6.28. The molecule has 1 aliphatic rings. The molecule has 0 spiro atoms. The first kappa shape index (κ1) is 12.7. The first-order valence-corrected chi connectivity index (χ1v) is 6.71. The van der Waals surface area contributed by atoms with Crippen molar-refractivity contribution in [3.63, 3.8) is 0 Å². The lowest BCUT2D eigenvalue weighted by Crippen LogP contribution is -2.51. The SMILES string of the molecule is CC1(C)CN(c2ccccc2Cl)CCCCN1. The Morgan fingerprint density at radius 3 is 2.76 bits per heavy atom. The van der Waals surface area contributed by atoms with Crippen LogP contribution >= 0.6 is 11.6 Å². The van der Waals surface area contributed by atoms with Gasteiger partial charge in [0.2, 0.25) is 0 Å². The summed E-state index contributed by atoms with van der Waals surface area (Å²) in [5, 5.41) is 4.45. The molecule has 1 saturated heterocycles. The molecule has 0 amide bonds. The van der Waals surface area contributed by atoms with E-state index in [1.807, 2.05) is 12.1 Å². The van der Waals surface area contributed by atoms with Gasteiger partial charge in [0.25, 0.3) is 0 Å². The van der Waals surface area contributed by atoms with E-state index in [2.05, 4.69) is 36.2 Å². The molecular weight excluding hydrogens is 232 g/mol. The smallest absolute Gasteiger partial charge is 0.0639 e. The quantitative estimate of drug-likeness (QED) is 0.825. The van der Waals surface area contributed by atoms with Crippen molar-refractivity contribution in [2.75, 3.05) is 24.5 Å². The van der Waals surface area contributed by atoms with Crippen LogP contribution < -0.4 is 10.2 Å². The molecule has 0 aliphatic carbocycles. The van der Waals surface area contributed by atoms with E-state index in [1.165, 1.54) is 12.8 Å². The molecule has 0 atom stereocenters. The molecule has 3 heteroatoms. The molecule has 0 saturated carbocycles. The first-order chi connectivity index (χ1) is 8.08. The summed E-state index contributed by atoms with van der Waals surface area (Å²) in [5.74, 6) is 0. The Morgan fingerprint density at radius 2 is 2.00 bits per heavy atom. The molecule has 2 rings (SSSR count). The second-order valence-corrected chi connectivity index (χ2v) is 5.80. The number of benzene rings is 1. The average molecular weight is 253 g/mol. The van der Waals surface area contributed by atoms with Crippen LogP contribution in [0.15, 0.2) is 24.3 Å². The van der Waals surface area contributed by atoms with Gasteiger partial charge in [-0.1, -0.05) is 23.7 Å². The Labute approximate surface area is 109 Å². The maximum absolute atomic E-state index is 6.28. The van der Waals surface area contributed by atoms with Crippen molar-refractivity contribution in [1.29, 1.82) is 0 Å². The van der Waals surface area contributed by atoms with Crippen LogP contribution in [0.25, 0.3) is 0 Å². The van der Waals surface area contributed by atoms with Gasteiger partial charge in [-0.05, 0) is 45.4 Å². The van der Waals surface area contributed by atoms with Crippen LogP contribution in [0.4, 0.5) is 5.69 Å². The third kappa shape index (κ3) is 3.36. The fraction of sp³-hybridized carbons (Fsp3) is 0.571. The zero-order valence-electron chi connectivity index (χ0n) is 10.7. The minimum Gasteiger partial charge on any atom is -0.369 e. The van der Waals surface area contributed by atoms with Gasteiger partial charge in [-0.2, -0.15) is 0 Å². The number of para-hydroxylation sites is 1. The van der Waals surface area contributed by atoms with Gasteiger partial charge in [0, 0.05) is 18.6 Å². The van der Waals surface area contributed by atoms with Gasteiger partial charge in [-0.3, -0.25) is 0 Å². The van der Waals surface area contributed by atoms with Gasteiger partial charge in [0.05, 0.1) is 10.7 Å². The maximum Gasteiger partial charge on any atom is 0.0639 e. The van der Waals surface area contributed by atoms with Gasteiger partial charge < -0.3 is 10.2 Å². The molecule has 1 aromatic carbocycles. The van der Waals surface area contributed by atoms with Crippen molar-refractivity contribution in [1.82, 2.24) is 5.32 Å². The van der Waals surface area contributed by atoms with Crippen LogP contribution in [-0.2, 0) is 0 Å². The van der Waals surface area contributed by atoms with Gasteiger partial charge >= 0.3 is 0 Å². The highest BCUT2D eigenvalue weighted by Crippen LogP contribution is 2.27. The summed E-state index contributed by atoms with van der Waals surface area (Å²) in [5.41, 5.74) is 1.30. The zero-order chi connectivity index (χ0) is 12.3. The first-order valence-electron chi connectivity index (χ1n) is 6.33. The van der Waals surface area contributed by atoms with Crippen molar-refractivity contribution in [3.8, 4) is 0 Å². The summed E-state index contributed by atoms with van der Waals surface area (Å²) in [7, 11) is 0. The van der Waals surface area contributed by atoms with Crippen LogP contribution in [0.3, 0.4) is 0 Å². The minimum atomic E-state index is 0.138. The van der Waals surface area contributed by atoms with Crippen LogP contribution in [0.2, 0.25) is 5.02 Å². The summed E-state index contributed by atoms with van der Waals surface area (Å²) in [6.45, 7) is 7.71. The number of anilines is 1. The third-order valence-corrected chi connectivity index (χ3v) is 3.56. The fourth-order valence-electron chi connectivity index (χ4n) is 2.38. The normalized spacial score (nSPS) is 20.8. The number of hydrogen-bond donors (Lipinski definition) is 1. The lowest BCUT2D eigenvalue weighted by atomic mass is 10.0. The molecule has 0 bridgehead atoms. The van der Waals surface area contributed by atoms with E-state index in [-0.39, 0.29) is 5.54 Å².